The number of hydrogen-bond acceptors (Lipinski definition) is 7. The van der Waals surface area contributed by atoms with Gasteiger partial charge >= 0.3 is 6.03 Å². The Labute approximate surface area is 156 Å². The normalized spacial score (nSPS) is 10.8. The quantitative estimate of drug-likeness (QED) is 0.249. The van der Waals surface area contributed by atoms with Gasteiger partial charge in [0, 0.05) is 29.9 Å². The van der Waals surface area contributed by atoms with E-state index in [9.17, 15) is 29.9 Å². The summed E-state index contributed by atoms with van der Waals surface area (Å²) in [6.45, 7) is -0.156. The van der Waals surface area contributed by atoms with E-state index in [-0.39, 0.29) is 28.8 Å². The molecule has 0 spiro atoms. The van der Waals surface area contributed by atoms with Crippen LogP contribution < -0.4 is 16.2 Å². The number of H-pyrrole nitrogens is 1. The number of rotatable bonds is 5. The molecular formula is C17H15N5O6. The molecule has 11 heteroatoms. The van der Waals surface area contributed by atoms with Crippen LogP contribution in [0, 0.1) is 10.1 Å². The minimum Gasteiger partial charge on any atom is -0.363 e. The van der Waals surface area contributed by atoms with E-state index in [1.165, 1.54) is 6.07 Å². The summed E-state index contributed by atoms with van der Waals surface area (Å²) in [4.78, 5) is 40.6. The van der Waals surface area contributed by atoms with Gasteiger partial charge in [-0.2, -0.15) is 0 Å². The SMILES string of the molecule is O=C(NCc1cc([N+](=O)[O-])cc2[nH]c(=O)c(C(O)O)nc12)Nc1ccccc1. The van der Waals surface area contributed by atoms with Crippen molar-refractivity contribution in [2.75, 3.05) is 5.32 Å². The maximum absolute atomic E-state index is 12.1. The summed E-state index contributed by atoms with van der Waals surface area (Å²) in [6.07, 6.45) is -2.12. The number of amides is 2. The Balaban J connectivity index is 1.93. The maximum Gasteiger partial charge on any atom is 0.319 e. The minimum atomic E-state index is -2.12. The van der Waals surface area contributed by atoms with Gasteiger partial charge in [-0.15, -0.1) is 0 Å². The van der Waals surface area contributed by atoms with Gasteiger partial charge < -0.3 is 25.8 Å². The van der Waals surface area contributed by atoms with Gasteiger partial charge in [-0.3, -0.25) is 14.9 Å². The van der Waals surface area contributed by atoms with Crippen LogP contribution in [-0.4, -0.2) is 31.1 Å². The lowest BCUT2D eigenvalue weighted by Crippen LogP contribution is -2.28. The average molecular weight is 385 g/mol. The number of urea groups is 1. The molecule has 0 bridgehead atoms. The van der Waals surface area contributed by atoms with Crippen LogP contribution in [0.15, 0.2) is 47.3 Å². The first kappa shape index (κ1) is 18.9. The van der Waals surface area contributed by atoms with E-state index in [1.807, 2.05) is 0 Å². The molecule has 1 heterocycles. The van der Waals surface area contributed by atoms with Crippen LogP contribution in [0.4, 0.5) is 16.2 Å². The Morgan fingerprint density at radius 2 is 1.96 bits per heavy atom. The molecule has 28 heavy (non-hydrogen) atoms. The zero-order valence-corrected chi connectivity index (χ0v) is 14.2. The van der Waals surface area contributed by atoms with E-state index in [2.05, 4.69) is 20.6 Å². The highest BCUT2D eigenvalue weighted by Gasteiger charge is 2.18. The number of non-ortho nitro benzene ring substituents is 1. The van der Waals surface area contributed by atoms with Crippen molar-refractivity contribution in [2.45, 2.75) is 12.8 Å². The highest BCUT2D eigenvalue weighted by Crippen LogP contribution is 2.23. The summed E-state index contributed by atoms with van der Waals surface area (Å²) >= 11 is 0. The molecule has 0 fully saturated rings. The molecule has 5 N–H and O–H groups in total. The molecule has 0 radical (unpaired) electrons. The zero-order valence-electron chi connectivity index (χ0n) is 14.2. The molecule has 0 aliphatic rings. The second-order valence-electron chi connectivity index (χ2n) is 5.76. The molecule has 3 aromatic rings. The Morgan fingerprint density at radius 1 is 1.25 bits per heavy atom. The van der Waals surface area contributed by atoms with Crippen molar-refractivity contribution >= 4 is 28.4 Å². The van der Waals surface area contributed by atoms with Crippen molar-refractivity contribution in [3.63, 3.8) is 0 Å². The number of anilines is 1. The highest BCUT2D eigenvalue weighted by atomic mass is 16.6. The molecule has 2 amide bonds. The number of carbonyl (C=O) groups excluding carboxylic acids is 1. The number of nitrogens with zero attached hydrogens (tertiary/aromatic N) is 2. The van der Waals surface area contributed by atoms with Crippen molar-refractivity contribution in [3.8, 4) is 0 Å². The first-order chi connectivity index (χ1) is 13.3. The lowest BCUT2D eigenvalue weighted by atomic mass is 10.1. The van der Waals surface area contributed by atoms with Gasteiger partial charge in [-0.25, -0.2) is 9.78 Å². The summed E-state index contributed by atoms with van der Waals surface area (Å²) < 4.78 is 0. The fraction of sp³-hybridized carbons (Fsp3) is 0.118. The van der Waals surface area contributed by atoms with Gasteiger partial charge in [0.15, 0.2) is 5.69 Å². The molecule has 0 saturated heterocycles. The van der Waals surface area contributed by atoms with Crippen LogP contribution in [0.25, 0.3) is 11.0 Å². The Morgan fingerprint density at radius 3 is 2.61 bits per heavy atom. The second kappa shape index (κ2) is 7.82. The molecule has 1 aromatic heterocycles. The van der Waals surface area contributed by atoms with E-state index in [0.29, 0.717) is 5.69 Å². The number of fused-ring (bicyclic) bond motifs is 1. The molecule has 0 unspecified atom stereocenters. The molecule has 144 valence electrons. The number of aliphatic hydroxyl groups is 2. The number of nitrogens with one attached hydrogen (secondary N) is 3. The lowest BCUT2D eigenvalue weighted by Gasteiger charge is -2.11. The summed E-state index contributed by atoms with van der Waals surface area (Å²) in [6, 6.07) is 10.4. The van der Waals surface area contributed by atoms with Crippen LogP contribution >= 0.6 is 0 Å². The molecule has 0 aliphatic heterocycles. The number of aliphatic hydroxyl groups excluding tert-OH is 1. The first-order valence-electron chi connectivity index (χ1n) is 8.02. The van der Waals surface area contributed by atoms with Crippen molar-refractivity contribution < 1.29 is 19.9 Å². The van der Waals surface area contributed by atoms with Crippen LogP contribution in [0.2, 0.25) is 0 Å². The average Bonchev–Trinajstić information content (AvgIpc) is 2.65. The van der Waals surface area contributed by atoms with Crippen molar-refractivity contribution in [1.29, 1.82) is 0 Å². The van der Waals surface area contributed by atoms with Gasteiger partial charge in [-0.05, 0) is 12.1 Å². The number of carbonyl (C=O) groups is 1. The van der Waals surface area contributed by atoms with Gasteiger partial charge in [0.1, 0.15) is 0 Å². The predicted octanol–water partition coefficient (Wildman–Crippen LogP) is 1.14. The topological polar surface area (TPSA) is 170 Å². The third-order valence-corrected chi connectivity index (χ3v) is 3.81. The number of benzene rings is 2. The number of nitro benzene ring substituents is 1. The number of hydrogen-bond donors (Lipinski definition) is 5. The Hall–Kier alpha value is -3.83. The van der Waals surface area contributed by atoms with E-state index < -0.39 is 28.5 Å². The van der Waals surface area contributed by atoms with Gasteiger partial charge in [0.05, 0.1) is 16.0 Å². The standard InChI is InChI=1S/C17H15N5O6/c23-15-14(16(24)25)21-13-9(6-11(22(27)28)7-12(13)20-15)8-18-17(26)19-10-4-2-1-3-5-10/h1-7,16,24-25H,8H2,(H,20,23)(H2,18,19,26). The number of aromatic amines is 1. The van der Waals surface area contributed by atoms with Crippen LogP contribution in [0.3, 0.4) is 0 Å². The van der Waals surface area contributed by atoms with Gasteiger partial charge in [-0.1, -0.05) is 18.2 Å². The first-order valence-corrected chi connectivity index (χ1v) is 8.02. The largest absolute Gasteiger partial charge is 0.363 e. The third-order valence-electron chi connectivity index (χ3n) is 3.81. The molecule has 11 nitrogen and oxygen atoms in total. The summed E-state index contributed by atoms with van der Waals surface area (Å²) in [5.74, 6) is 0. The van der Waals surface area contributed by atoms with E-state index in [1.54, 1.807) is 30.3 Å². The highest BCUT2D eigenvalue weighted by molar-refractivity contribution is 5.89. The Kier molecular flexibility index (Phi) is 5.29. The number of nitro groups is 1. The van der Waals surface area contributed by atoms with Crippen LogP contribution in [0.5, 0.6) is 0 Å². The monoisotopic (exact) mass is 385 g/mol. The minimum absolute atomic E-state index is 0.0314. The smallest absolute Gasteiger partial charge is 0.319 e. The maximum atomic E-state index is 12.1. The molecule has 0 atom stereocenters. The molecular weight excluding hydrogens is 370 g/mol. The van der Waals surface area contributed by atoms with Gasteiger partial charge in [0.25, 0.3) is 11.2 Å². The second-order valence-corrected chi connectivity index (χ2v) is 5.76. The molecule has 2 aromatic carbocycles. The number of aromatic nitrogens is 2. The molecule has 0 saturated carbocycles. The zero-order chi connectivity index (χ0) is 20.3. The number of para-hydroxylation sites is 1. The lowest BCUT2D eigenvalue weighted by molar-refractivity contribution is -0.384. The summed E-state index contributed by atoms with van der Waals surface area (Å²) in [5.41, 5.74) is -0.873. The van der Waals surface area contributed by atoms with Crippen molar-refractivity contribution in [3.05, 3.63) is 74.2 Å². The molecule has 3 rings (SSSR count). The van der Waals surface area contributed by atoms with Gasteiger partial charge in [0.2, 0.25) is 6.29 Å². The fourth-order valence-electron chi connectivity index (χ4n) is 2.55. The molecule has 0 aliphatic carbocycles. The van der Waals surface area contributed by atoms with Crippen molar-refractivity contribution in [2.24, 2.45) is 0 Å². The Bertz CT molecular complexity index is 1100. The van der Waals surface area contributed by atoms with E-state index in [0.717, 1.165) is 6.07 Å². The predicted molar refractivity (Wildman–Crippen MR) is 98.5 cm³/mol. The van der Waals surface area contributed by atoms with E-state index >= 15 is 0 Å². The summed E-state index contributed by atoms with van der Waals surface area (Å²) in [7, 11) is 0. The van der Waals surface area contributed by atoms with Crippen LogP contribution in [-0.2, 0) is 6.54 Å². The van der Waals surface area contributed by atoms with Crippen molar-refractivity contribution in [1.82, 2.24) is 15.3 Å². The fourth-order valence-corrected chi connectivity index (χ4v) is 2.55. The third kappa shape index (κ3) is 4.11. The van der Waals surface area contributed by atoms with E-state index in [4.69, 9.17) is 0 Å². The summed E-state index contributed by atoms with van der Waals surface area (Å²) in [5, 5.41) is 34.8. The van der Waals surface area contributed by atoms with Crippen LogP contribution in [0.1, 0.15) is 17.5 Å².